The highest BCUT2D eigenvalue weighted by atomic mass is 28.4. The van der Waals surface area contributed by atoms with E-state index in [0.717, 1.165) is 0 Å². The molecule has 0 heterocycles. The maximum Gasteiger partial charge on any atom is 0.316 e. The Labute approximate surface area is 104 Å². The Morgan fingerprint density at radius 1 is 1.35 bits per heavy atom. The number of hydrogen-bond donors (Lipinski definition) is 0. The van der Waals surface area contributed by atoms with Crippen molar-refractivity contribution in [3.63, 3.8) is 0 Å². The fourth-order valence-electron chi connectivity index (χ4n) is 0.768. The Balaban J connectivity index is 4.78. The van der Waals surface area contributed by atoms with Crippen LogP contribution in [0.25, 0.3) is 0 Å². The summed E-state index contributed by atoms with van der Waals surface area (Å²) < 4.78 is 9.98. The third-order valence-electron chi connectivity index (χ3n) is 3.06. The van der Waals surface area contributed by atoms with Crippen LogP contribution >= 0.6 is 0 Å². The number of esters is 1. The Bertz CT molecular complexity index is 318. The minimum Gasteiger partial charge on any atom is -0.469 e. The predicted octanol–water partition coefficient (Wildman–Crippen LogP) is 2.46. The molecule has 17 heavy (non-hydrogen) atoms. The van der Waals surface area contributed by atoms with Crippen LogP contribution in [0, 0.1) is 5.21 Å². The topological polar surface area (TPSA) is 61.6 Å². The van der Waals surface area contributed by atoms with Crippen molar-refractivity contribution in [2.45, 2.75) is 52.2 Å². The molecular weight excluding hydrogens is 238 g/mol. The standard InChI is InChI=1S/C11H23NO4Si/c1-9(8-10(13)15-5)12(14)16-17(6,7)11(2,3)4/h8H2,1-7H3/b12-9+. The fraction of sp³-hybridized carbons (Fsp3) is 0.818. The van der Waals surface area contributed by atoms with Crippen LogP contribution in [0.5, 0.6) is 0 Å². The third kappa shape index (κ3) is 4.76. The number of carbonyl (C=O) groups is 1. The fourth-order valence-corrected chi connectivity index (χ4v) is 1.61. The number of ether oxygens (including phenoxy) is 1. The van der Waals surface area contributed by atoms with Crippen LogP contribution in [0.2, 0.25) is 18.1 Å². The quantitative estimate of drug-likeness (QED) is 0.256. The van der Waals surface area contributed by atoms with Gasteiger partial charge in [-0.2, -0.15) is 0 Å². The van der Waals surface area contributed by atoms with E-state index in [0.29, 0.717) is 10.6 Å². The molecule has 0 aliphatic carbocycles. The summed E-state index contributed by atoms with van der Waals surface area (Å²) in [7, 11) is -0.860. The number of nitrogens with zero attached hydrogens (tertiary/aromatic N) is 1. The van der Waals surface area contributed by atoms with Crippen molar-refractivity contribution in [3.05, 3.63) is 5.21 Å². The van der Waals surface area contributed by atoms with Gasteiger partial charge in [0.1, 0.15) is 6.42 Å². The first-order valence-corrected chi connectivity index (χ1v) is 8.47. The van der Waals surface area contributed by atoms with Gasteiger partial charge in [-0.05, 0) is 5.04 Å². The lowest BCUT2D eigenvalue weighted by Gasteiger charge is -2.37. The molecule has 0 aromatic rings. The average Bonchev–Trinajstić information content (AvgIpc) is 2.14. The number of methoxy groups -OCH3 is 1. The molecule has 0 rings (SSSR count). The van der Waals surface area contributed by atoms with Gasteiger partial charge in [0.2, 0.25) is 5.71 Å². The van der Waals surface area contributed by atoms with Crippen molar-refractivity contribution < 1.29 is 19.0 Å². The van der Waals surface area contributed by atoms with Crippen LogP contribution in [-0.2, 0) is 14.1 Å². The monoisotopic (exact) mass is 261 g/mol. The Morgan fingerprint density at radius 2 is 1.82 bits per heavy atom. The van der Waals surface area contributed by atoms with Gasteiger partial charge in [0.25, 0.3) is 0 Å². The van der Waals surface area contributed by atoms with E-state index < -0.39 is 14.3 Å². The molecule has 0 saturated heterocycles. The molecule has 0 amide bonds. The minimum absolute atomic E-state index is 0.0470. The molecule has 0 atom stereocenters. The van der Waals surface area contributed by atoms with Crippen molar-refractivity contribution in [2.24, 2.45) is 0 Å². The van der Waals surface area contributed by atoms with E-state index in [2.05, 4.69) is 4.74 Å². The lowest BCUT2D eigenvalue weighted by atomic mass is 10.2. The molecular formula is C11H23NO4Si. The lowest BCUT2D eigenvalue weighted by Crippen LogP contribution is -2.43. The summed E-state index contributed by atoms with van der Waals surface area (Å²) in [4.78, 5) is 11.5. The normalized spacial score (nSPS) is 14.1. The van der Waals surface area contributed by atoms with Crippen molar-refractivity contribution >= 4 is 20.0 Å². The second-order valence-electron chi connectivity index (χ2n) is 5.60. The maximum absolute atomic E-state index is 11.7. The minimum atomic E-state index is -2.15. The Kier molecular flexibility index (Phi) is 5.19. The van der Waals surface area contributed by atoms with Gasteiger partial charge in [-0.3, -0.25) is 10.0 Å². The van der Waals surface area contributed by atoms with Crippen LogP contribution < -0.4 is 0 Å². The molecule has 0 fully saturated rings. The van der Waals surface area contributed by atoms with Crippen molar-refractivity contribution in [1.29, 1.82) is 0 Å². The summed E-state index contributed by atoms with van der Waals surface area (Å²) in [6, 6.07) is 0. The molecule has 0 aliphatic rings. The van der Waals surface area contributed by atoms with Gasteiger partial charge in [-0.15, -0.1) is 0 Å². The largest absolute Gasteiger partial charge is 0.469 e. The van der Waals surface area contributed by atoms with Gasteiger partial charge in [0, 0.05) is 11.8 Å². The van der Waals surface area contributed by atoms with Gasteiger partial charge in [-0.1, -0.05) is 33.9 Å². The second kappa shape index (κ2) is 5.53. The van der Waals surface area contributed by atoms with E-state index in [1.807, 2.05) is 33.9 Å². The average molecular weight is 261 g/mol. The number of hydrogen-bond acceptors (Lipinski definition) is 4. The summed E-state index contributed by atoms with van der Waals surface area (Å²) in [6.45, 7) is 11.7. The van der Waals surface area contributed by atoms with Crippen molar-refractivity contribution in [1.82, 2.24) is 0 Å². The van der Waals surface area contributed by atoms with Gasteiger partial charge >= 0.3 is 5.97 Å². The van der Waals surface area contributed by atoms with Gasteiger partial charge < -0.3 is 9.26 Å². The van der Waals surface area contributed by atoms with Crippen molar-refractivity contribution in [2.75, 3.05) is 7.11 Å². The molecule has 0 bridgehead atoms. The van der Waals surface area contributed by atoms with Crippen LogP contribution in [0.4, 0.5) is 0 Å². The van der Waals surface area contributed by atoms with Gasteiger partial charge in [0.05, 0.1) is 7.11 Å². The highest BCUT2D eigenvalue weighted by Crippen LogP contribution is 2.36. The SMILES string of the molecule is COC(=O)C/C(C)=[N+](\[O-])O[Si](C)(C)C(C)(C)C. The highest BCUT2D eigenvalue weighted by Gasteiger charge is 2.37. The van der Waals surface area contributed by atoms with E-state index in [9.17, 15) is 10.0 Å². The molecule has 0 radical (unpaired) electrons. The van der Waals surface area contributed by atoms with Crippen LogP contribution in [-0.4, -0.2) is 32.0 Å². The van der Waals surface area contributed by atoms with E-state index >= 15 is 0 Å². The first-order valence-electron chi connectivity index (χ1n) is 5.57. The van der Waals surface area contributed by atoms with E-state index in [1.54, 1.807) is 6.92 Å². The zero-order valence-corrected chi connectivity index (χ0v) is 12.8. The number of rotatable bonds is 4. The number of carbonyl (C=O) groups excluding carboxylic acids is 1. The van der Waals surface area contributed by atoms with Crippen LogP contribution in [0.15, 0.2) is 0 Å². The first kappa shape index (κ1) is 16.0. The van der Waals surface area contributed by atoms with E-state index in [4.69, 9.17) is 4.53 Å². The summed E-state index contributed by atoms with van der Waals surface area (Å²) in [5.41, 5.74) is 0.307. The smallest absolute Gasteiger partial charge is 0.316 e. The first-order chi connectivity index (χ1) is 7.51. The van der Waals surface area contributed by atoms with E-state index in [-0.39, 0.29) is 11.5 Å². The molecule has 0 N–H and O–H groups in total. The maximum atomic E-state index is 11.7. The molecule has 100 valence electrons. The molecule has 0 aromatic carbocycles. The molecule has 5 nitrogen and oxygen atoms in total. The molecule has 0 aromatic heterocycles. The zero-order valence-electron chi connectivity index (χ0n) is 11.8. The van der Waals surface area contributed by atoms with Crippen molar-refractivity contribution in [3.8, 4) is 0 Å². The van der Waals surface area contributed by atoms with Crippen LogP contribution in [0.3, 0.4) is 0 Å². The summed E-state index contributed by atoms with van der Waals surface area (Å²) in [5, 5.41) is 11.7. The summed E-state index contributed by atoms with van der Waals surface area (Å²) >= 11 is 0. The molecule has 6 heteroatoms. The second-order valence-corrected chi connectivity index (χ2v) is 10.3. The third-order valence-corrected chi connectivity index (χ3v) is 7.29. The lowest BCUT2D eigenvalue weighted by molar-refractivity contribution is -0.705. The van der Waals surface area contributed by atoms with Crippen LogP contribution in [0.1, 0.15) is 34.1 Å². The predicted molar refractivity (Wildman–Crippen MR) is 69.2 cm³/mol. The molecule has 0 spiro atoms. The molecule has 0 aliphatic heterocycles. The molecule has 0 saturated carbocycles. The van der Waals surface area contributed by atoms with E-state index in [1.165, 1.54) is 7.11 Å². The highest BCUT2D eigenvalue weighted by molar-refractivity contribution is 6.73. The van der Waals surface area contributed by atoms with Gasteiger partial charge in [0.15, 0.2) is 8.32 Å². The zero-order chi connectivity index (χ0) is 13.9. The molecule has 0 unspecified atom stereocenters. The summed E-state index contributed by atoms with van der Waals surface area (Å²) in [6.07, 6.45) is -0.0470. The Morgan fingerprint density at radius 3 is 2.18 bits per heavy atom. The summed E-state index contributed by atoms with van der Waals surface area (Å²) in [5.74, 6) is -0.442. The van der Waals surface area contributed by atoms with Gasteiger partial charge in [-0.25, -0.2) is 0 Å². The Hall–Kier alpha value is -1.04.